The smallest absolute Gasteiger partial charge is 0.263 e. The average Bonchev–Trinajstić information content (AvgIpc) is 2.83. The highest BCUT2D eigenvalue weighted by Gasteiger charge is 2.25. The number of carbonyl (C=O) groups is 1. The van der Waals surface area contributed by atoms with E-state index in [1.54, 1.807) is 6.20 Å². The van der Waals surface area contributed by atoms with Crippen LogP contribution in [0.25, 0.3) is 22.3 Å². The van der Waals surface area contributed by atoms with Gasteiger partial charge in [-0.3, -0.25) is 9.78 Å². The Balaban J connectivity index is 1.26. The highest BCUT2D eigenvalue weighted by Crippen LogP contribution is 2.24. The van der Waals surface area contributed by atoms with Crippen LogP contribution in [-0.4, -0.2) is 33.4 Å². The van der Waals surface area contributed by atoms with Crippen LogP contribution in [-0.2, 0) is 17.8 Å². The zero-order valence-electron chi connectivity index (χ0n) is 17.4. The molecule has 0 aliphatic carbocycles. The number of nitrogens with zero attached hydrogens (tertiary/aromatic N) is 3. The summed E-state index contributed by atoms with van der Waals surface area (Å²) in [6.45, 7) is 3.18. The minimum atomic E-state index is -0.545. The Hall–Kier alpha value is -3.73. The molecule has 4 aromatic rings. The first-order valence-electron chi connectivity index (χ1n) is 10.5. The summed E-state index contributed by atoms with van der Waals surface area (Å²) in [6.07, 6.45) is 2.12. The number of benzene rings is 3. The van der Waals surface area contributed by atoms with E-state index in [-0.39, 0.29) is 5.91 Å². The third kappa shape index (κ3) is 3.99. The Bertz CT molecular complexity index is 1240. The van der Waals surface area contributed by atoms with Gasteiger partial charge in [-0.05, 0) is 60.9 Å². The summed E-state index contributed by atoms with van der Waals surface area (Å²) in [5.74, 6) is 0.676. The van der Waals surface area contributed by atoms with Crippen molar-refractivity contribution in [2.75, 3.05) is 6.54 Å². The molecule has 3 aromatic carbocycles. The second-order valence-electron chi connectivity index (χ2n) is 7.81. The molecule has 0 N–H and O–H groups in total. The van der Waals surface area contributed by atoms with Crippen molar-refractivity contribution in [1.29, 1.82) is 0 Å². The van der Waals surface area contributed by atoms with Crippen LogP contribution in [0.15, 0.2) is 79.0 Å². The molecule has 1 aliphatic heterocycles. The summed E-state index contributed by atoms with van der Waals surface area (Å²) < 4.78 is 5.95. The van der Waals surface area contributed by atoms with Crippen molar-refractivity contribution in [2.24, 2.45) is 0 Å². The van der Waals surface area contributed by atoms with Gasteiger partial charge in [0.15, 0.2) is 6.10 Å². The second-order valence-corrected chi connectivity index (χ2v) is 7.81. The first-order valence-corrected chi connectivity index (χ1v) is 10.5. The molecule has 0 bridgehead atoms. The third-order valence-corrected chi connectivity index (χ3v) is 5.70. The van der Waals surface area contributed by atoms with Gasteiger partial charge in [-0.2, -0.15) is 0 Å². The number of aromatic nitrogens is 2. The van der Waals surface area contributed by atoms with E-state index >= 15 is 0 Å². The topological polar surface area (TPSA) is 55.3 Å². The summed E-state index contributed by atoms with van der Waals surface area (Å²) >= 11 is 0. The van der Waals surface area contributed by atoms with Gasteiger partial charge in [0.2, 0.25) is 0 Å². The molecule has 2 heterocycles. The molecule has 154 valence electrons. The number of ether oxygens (including phenoxy) is 1. The van der Waals surface area contributed by atoms with E-state index in [1.165, 1.54) is 11.1 Å². The van der Waals surface area contributed by atoms with E-state index in [0.717, 1.165) is 35.3 Å². The van der Waals surface area contributed by atoms with Gasteiger partial charge in [-0.15, -0.1) is 0 Å². The number of rotatable bonds is 4. The van der Waals surface area contributed by atoms with Crippen LogP contribution in [0.3, 0.4) is 0 Å². The number of hydrogen-bond donors (Lipinski definition) is 0. The normalized spacial score (nSPS) is 14.2. The van der Waals surface area contributed by atoms with Gasteiger partial charge in [0.25, 0.3) is 5.91 Å². The molecule has 0 radical (unpaired) electrons. The quantitative estimate of drug-likeness (QED) is 0.492. The first kappa shape index (κ1) is 19.2. The summed E-state index contributed by atoms with van der Waals surface area (Å²) in [5.41, 5.74) is 6.04. The lowest BCUT2D eigenvalue weighted by Gasteiger charge is -2.31. The fraction of sp³-hybridized carbons (Fsp3) is 0.192. The van der Waals surface area contributed by atoms with Gasteiger partial charge in [0.1, 0.15) is 5.75 Å². The SMILES string of the molecule is CC(Oc1ccc(-c2cnc3ccccc3n2)cc1)C(=O)N1CCc2ccccc2C1. The van der Waals surface area contributed by atoms with Gasteiger partial charge >= 0.3 is 0 Å². The summed E-state index contributed by atoms with van der Waals surface area (Å²) in [4.78, 5) is 23.9. The van der Waals surface area contributed by atoms with Crippen molar-refractivity contribution in [2.45, 2.75) is 26.0 Å². The van der Waals surface area contributed by atoms with Crippen LogP contribution >= 0.6 is 0 Å². The molecule has 0 saturated heterocycles. The molecule has 31 heavy (non-hydrogen) atoms. The van der Waals surface area contributed by atoms with Crippen LogP contribution in [0.1, 0.15) is 18.1 Å². The fourth-order valence-corrected chi connectivity index (χ4v) is 4.00. The fourth-order valence-electron chi connectivity index (χ4n) is 4.00. The van der Waals surface area contributed by atoms with E-state index in [2.05, 4.69) is 28.2 Å². The minimum Gasteiger partial charge on any atom is -0.481 e. The van der Waals surface area contributed by atoms with E-state index in [9.17, 15) is 4.79 Å². The molecular weight excluding hydrogens is 386 g/mol. The maximum atomic E-state index is 12.9. The Kier molecular flexibility index (Phi) is 5.08. The maximum absolute atomic E-state index is 12.9. The number of carbonyl (C=O) groups excluding carboxylic acids is 1. The molecule has 1 amide bonds. The molecule has 0 saturated carbocycles. The van der Waals surface area contributed by atoms with Crippen molar-refractivity contribution in [3.05, 3.63) is 90.1 Å². The molecule has 0 spiro atoms. The van der Waals surface area contributed by atoms with Crippen molar-refractivity contribution >= 4 is 16.9 Å². The average molecular weight is 409 g/mol. The molecule has 1 atom stereocenters. The molecule has 1 unspecified atom stereocenters. The molecule has 1 aliphatic rings. The maximum Gasteiger partial charge on any atom is 0.263 e. The monoisotopic (exact) mass is 409 g/mol. The predicted octanol–water partition coefficient (Wildman–Crippen LogP) is 4.65. The summed E-state index contributed by atoms with van der Waals surface area (Å²) in [5, 5.41) is 0. The molecule has 5 nitrogen and oxygen atoms in total. The van der Waals surface area contributed by atoms with Crippen molar-refractivity contribution in [1.82, 2.24) is 14.9 Å². The summed E-state index contributed by atoms with van der Waals surface area (Å²) in [7, 11) is 0. The predicted molar refractivity (Wildman–Crippen MR) is 121 cm³/mol. The summed E-state index contributed by atoms with van der Waals surface area (Å²) in [6, 6.07) is 23.8. The molecular formula is C26H23N3O2. The minimum absolute atomic E-state index is 0.0129. The van der Waals surface area contributed by atoms with E-state index in [1.807, 2.05) is 66.4 Å². The zero-order chi connectivity index (χ0) is 21.2. The van der Waals surface area contributed by atoms with Crippen molar-refractivity contribution < 1.29 is 9.53 Å². The lowest BCUT2D eigenvalue weighted by Crippen LogP contribution is -2.43. The number of amides is 1. The van der Waals surface area contributed by atoms with Crippen molar-refractivity contribution in [3.8, 4) is 17.0 Å². The van der Waals surface area contributed by atoms with Gasteiger partial charge in [0, 0.05) is 18.7 Å². The van der Waals surface area contributed by atoms with Gasteiger partial charge in [-0.1, -0.05) is 36.4 Å². The Morgan fingerprint density at radius 1 is 0.935 bits per heavy atom. The van der Waals surface area contributed by atoms with Crippen LogP contribution in [0.2, 0.25) is 0 Å². The van der Waals surface area contributed by atoms with Crippen LogP contribution in [0, 0.1) is 0 Å². The Labute approximate surface area is 181 Å². The van der Waals surface area contributed by atoms with E-state index < -0.39 is 6.10 Å². The largest absolute Gasteiger partial charge is 0.481 e. The first-order chi connectivity index (χ1) is 15.2. The number of hydrogen-bond acceptors (Lipinski definition) is 4. The lowest BCUT2D eigenvalue weighted by molar-refractivity contribution is -0.138. The molecule has 0 fully saturated rings. The molecule has 5 rings (SSSR count). The second kappa shape index (κ2) is 8.19. The standard InChI is InChI=1S/C26H23N3O2/c1-18(26(30)29-15-14-19-6-2-3-7-21(19)17-29)31-22-12-10-20(11-13-22)25-16-27-23-8-4-5-9-24(23)28-25/h2-13,16,18H,14-15,17H2,1H3. The van der Waals surface area contributed by atoms with Gasteiger partial charge < -0.3 is 9.64 Å². The number of para-hydroxylation sites is 2. The van der Waals surface area contributed by atoms with E-state index in [0.29, 0.717) is 12.3 Å². The Morgan fingerprint density at radius 3 is 2.45 bits per heavy atom. The molecule has 5 heteroatoms. The van der Waals surface area contributed by atoms with Crippen LogP contribution in [0.5, 0.6) is 5.75 Å². The Morgan fingerprint density at radius 2 is 1.65 bits per heavy atom. The highest BCUT2D eigenvalue weighted by molar-refractivity contribution is 5.81. The van der Waals surface area contributed by atoms with Gasteiger partial charge in [0.05, 0.1) is 22.9 Å². The van der Waals surface area contributed by atoms with Crippen molar-refractivity contribution in [3.63, 3.8) is 0 Å². The number of fused-ring (bicyclic) bond motifs is 2. The van der Waals surface area contributed by atoms with Gasteiger partial charge in [-0.25, -0.2) is 4.98 Å². The van der Waals surface area contributed by atoms with Crippen LogP contribution < -0.4 is 4.74 Å². The lowest BCUT2D eigenvalue weighted by atomic mass is 9.99. The highest BCUT2D eigenvalue weighted by atomic mass is 16.5. The van der Waals surface area contributed by atoms with Crippen LogP contribution in [0.4, 0.5) is 0 Å². The third-order valence-electron chi connectivity index (χ3n) is 5.70. The molecule has 1 aromatic heterocycles. The van der Waals surface area contributed by atoms with E-state index in [4.69, 9.17) is 4.74 Å². The zero-order valence-corrected chi connectivity index (χ0v) is 17.4.